The van der Waals surface area contributed by atoms with Crippen molar-refractivity contribution in [2.45, 2.75) is 13.5 Å². The van der Waals surface area contributed by atoms with E-state index in [4.69, 9.17) is 5.84 Å². The SMILES string of the molecule is Cc1c(F)ccc(F)c1CN1CCN(C)c2nnc(C(=O)NN)cc21. The Morgan fingerprint density at radius 1 is 1.28 bits per heavy atom. The number of carbonyl (C=O) groups excluding carboxylic acids is 1. The predicted octanol–water partition coefficient (Wildman–Crippen LogP) is 1.12. The van der Waals surface area contributed by atoms with Crippen molar-refractivity contribution in [2.24, 2.45) is 5.84 Å². The summed E-state index contributed by atoms with van der Waals surface area (Å²) >= 11 is 0. The van der Waals surface area contributed by atoms with Crippen molar-refractivity contribution in [1.82, 2.24) is 15.6 Å². The first-order valence-electron chi connectivity index (χ1n) is 7.70. The number of likely N-dealkylation sites (N-methyl/N-ethyl adjacent to an activating group) is 1. The Balaban J connectivity index is 2.01. The molecule has 0 saturated heterocycles. The van der Waals surface area contributed by atoms with Crippen molar-refractivity contribution < 1.29 is 13.6 Å². The van der Waals surface area contributed by atoms with Crippen LogP contribution in [0, 0.1) is 18.6 Å². The van der Waals surface area contributed by atoms with E-state index in [9.17, 15) is 13.6 Å². The van der Waals surface area contributed by atoms with Crippen molar-refractivity contribution in [3.8, 4) is 0 Å². The lowest BCUT2D eigenvalue weighted by molar-refractivity contribution is 0.0947. The maximum Gasteiger partial charge on any atom is 0.285 e. The minimum atomic E-state index is -0.573. The zero-order valence-electron chi connectivity index (χ0n) is 13.9. The van der Waals surface area contributed by atoms with Gasteiger partial charge in [0.15, 0.2) is 11.5 Å². The number of nitrogen functional groups attached to an aromatic ring is 1. The third-order valence-corrected chi connectivity index (χ3v) is 4.35. The number of benzene rings is 1. The molecule has 0 spiro atoms. The standard InChI is InChI=1S/C16H18F2N6O/c1-9-10(12(18)4-3-11(9)17)8-24-6-5-23(2)15-14(24)7-13(21-22-15)16(25)20-19/h3-4,7H,5-6,8,19H2,1-2H3,(H,20,25). The first-order valence-corrected chi connectivity index (χ1v) is 7.70. The molecule has 1 amide bonds. The first kappa shape index (κ1) is 17.0. The van der Waals surface area contributed by atoms with Gasteiger partial charge in [0.05, 0.1) is 5.69 Å². The van der Waals surface area contributed by atoms with Crippen LogP contribution in [0.15, 0.2) is 18.2 Å². The molecule has 0 unspecified atom stereocenters. The minimum Gasteiger partial charge on any atom is -0.362 e. The van der Waals surface area contributed by atoms with Gasteiger partial charge in [-0.1, -0.05) is 0 Å². The molecule has 3 N–H and O–H groups in total. The third kappa shape index (κ3) is 3.10. The second kappa shape index (κ2) is 6.60. The van der Waals surface area contributed by atoms with E-state index in [2.05, 4.69) is 10.2 Å². The van der Waals surface area contributed by atoms with Crippen LogP contribution in [-0.4, -0.2) is 36.2 Å². The smallest absolute Gasteiger partial charge is 0.285 e. The zero-order chi connectivity index (χ0) is 18.1. The van der Waals surface area contributed by atoms with E-state index in [1.54, 1.807) is 13.0 Å². The molecule has 7 nitrogen and oxygen atoms in total. The van der Waals surface area contributed by atoms with Crippen LogP contribution in [0.25, 0.3) is 0 Å². The maximum absolute atomic E-state index is 14.2. The molecular formula is C16H18F2N6O. The van der Waals surface area contributed by atoms with Crippen LogP contribution >= 0.6 is 0 Å². The molecule has 1 aliphatic rings. The summed E-state index contributed by atoms with van der Waals surface area (Å²) in [5, 5.41) is 7.93. The second-order valence-corrected chi connectivity index (χ2v) is 5.89. The molecule has 1 aromatic heterocycles. The molecular weight excluding hydrogens is 330 g/mol. The fourth-order valence-corrected chi connectivity index (χ4v) is 2.81. The van der Waals surface area contributed by atoms with E-state index in [0.717, 1.165) is 12.1 Å². The Labute approximate surface area is 143 Å². The third-order valence-electron chi connectivity index (χ3n) is 4.35. The van der Waals surface area contributed by atoms with Crippen molar-refractivity contribution >= 4 is 17.4 Å². The van der Waals surface area contributed by atoms with Gasteiger partial charge in [-0.3, -0.25) is 10.2 Å². The van der Waals surface area contributed by atoms with Crippen LogP contribution in [0.5, 0.6) is 0 Å². The molecule has 25 heavy (non-hydrogen) atoms. The van der Waals surface area contributed by atoms with Gasteiger partial charge >= 0.3 is 0 Å². The molecule has 1 aliphatic heterocycles. The average Bonchev–Trinajstić information content (AvgIpc) is 2.62. The van der Waals surface area contributed by atoms with Crippen molar-refractivity contribution in [2.75, 3.05) is 29.9 Å². The molecule has 0 atom stereocenters. The molecule has 0 bridgehead atoms. The number of nitrogens with one attached hydrogen (secondary N) is 1. The lowest BCUT2D eigenvalue weighted by Crippen LogP contribution is -2.40. The van der Waals surface area contributed by atoms with Gasteiger partial charge in [0, 0.05) is 32.2 Å². The Morgan fingerprint density at radius 2 is 2.00 bits per heavy atom. The van der Waals surface area contributed by atoms with Gasteiger partial charge in [-0.25, -0.2) is 14.6 Å². The summed E-state index contributed by atoms with van der Waals surface area (Å²) in [5.41, 5.74) is 3.22. The molecule has 0 fully saturated rings. The Kier molecular flexibility index (Phi) is 4.49. The Hall–Kier alpha value is -2.81. The normalized spacial score (nSPS) is 13.6. The monoisotopic (exact) mass is 348 g/mol. The first-order chi connectivity index (χ1) is 11.9. The van der Waals surface area contributed by atoms with E-state index in [1.165, 1.54) is 0 Å². The highest BCUT2D eigenvalue weighted by atomic mass is 19.1. The van der Waals surface area contributed by atoms with Gasteiger partial charge in [0.1, 0.15) is 11.6 Å². The number of hydrogen-bond acceptors (Lipinski definition) is 6. The number of nitrogens with zero attached hydrogens (tertiary/aromatic N) is 4. The van der Waals surface area contributed by atoms with Crippen LogP contribution in [0.2, 0.25) is 0 Å². The predicted molar refractivity (Wildman–Crippen MR) is 89.1 cm³/mol. The second-order valence-electron chi connectivity index (χ2n) is 5.89. The molecule has 0 aliphatic carbocycles. The fourth-order valence-electron chi connectivity index (χ4n) is 2.81. The highest BCUT2D eigenvalue weighted by Gasteiger charge is 2.25. The number of carbonyl (C=O) groups is 1. The molecule has 9 heteroatoms. The number of hydrazine groups is 1. The Morgan fingerprint density at radius 3 is 2.72 bits per heavy atom. The van der Waals surface area contributed by atoms with E-state index in [-0.39, 0.29) is 23.4 Å². The summed E-state index contributed by atoms with van der Waals surface area (Å²) in [7, 11) is 1.85. The highest BCUT2D eigenvalue weighted by Crippen LogP contribution is 2.32. The van der Waals surface area contributed by atoms with Gasteiger partial charge < -0.3 is 9.80 Å². The summed E-state index contributed by atoms with van der Waals surface area (Å²) < 4.78 is 28.0. The van der Waals surface area contributed by atoms with Gasteiger partial charge in [0.25, 0.3) is 5.91 Å². The summed E-state index contributed by atoms with van der Waals surface area (Å²) in [6.45, 7) is 2.91. The number of fused-ring (bicyclic) bond motifs is 1. The van der Waals surface area contributed by atoms with Crippen molar-refractivity contribution in [1.29, 1.82) is 0 Å². The molecule has 2 heterocycles. The summed E-state index contributed by atoms with van der Waals surface area (Å²) in [6, 6.07) is 3.78. The van der Waals surface area contributed by atoms with Crippen LogP contribution in [-0.2, 0) is 6.54 Å². The van der Waals surface area contributed by atoms with Crippen molar-refractivity contribution in [3.63, 3.8) is 0 Å². The number of rotatable bonds is 3. The largest absolute Gasteiger partial charge is 0.362 e. The van der Waals surface area contributed by atoms with Crippen LogP contribution < -0.4 is 21.1 Å². The van der Waals surface area contributed by atoms with Crippen LogP contribution in [0.3, 0.4) is 0 Å². The van der Waals surface area contributed by atoms with E-state index in [1.807, 2.05) is 22.3 Å². The summed E-state index contributed by atoms with van der Waals surface area (Å²) in [4.78, 5) is 15.5. The number of aromatic nitrogens is 2. The van der Waals surface area contributed by atoms with Gasteiger partial charge in [-0.15, -0.1) is 10.2 Å². The van der Waals surface area contributed by atoms with Gasteiger partial charge in [-0.2, -0.15) is 0 Å². The molecule has 3 rings (SSSR count). The average molecular weight is 348 g/mol. The number of amides is 1. The number of anilines is 2. The maximum atomic E-state index is 14.2. The lowest BCUT2D eigenvalue weighted by Gasteiger charge is -2.36. The molecule has 132 valence electrons. The molecule has 0 radical (unpaired) electrons. The Bertz CT molecular complexity index is 829. The quantitative estimate of drug-likeness (QED) is 0.491. The zero-order valence-corrected chi connectivity index (χ0v) is 13.9. The topological polar surface area (TPSA) is 87.4 Å². The summed E-state index contributed by atoms with van der Waals surface area (Å²) in [5.74, 6) is 4.20. The minimum absolute atomic E-state index is 0.0537. The highest BCUT2D eigenvalue weighted by molar-refractivity contribution is 5.93. The van der Waals surface area contributed by atoms with Crippen molar-refractivity contribution in [3.05, 3.63) is 46.7 Å². The van der Waals surface area contributed by atoms with Crippen LogP contribution in [0.4, 0.5) is 20.3 Å². The van der Waals surface area contributed by atoms with Gasteiger partial charge in [-0.05, 0) is 30.7 Å². The number of halogens is 2. The van der Waals surface area contributed by atoms with E-state index < -0.39 is 17.5 Å². The van der Waals surface area contributed by atoms with Gasteiger partial charge in [0.2, 0.25) is 0 Å². The molecule has 1 aromatic carbocycles. The number of nitrogens with two attached hydrogens (primary N) is 1. The molecule has 0 saturated carbocycles. The van der Waals surface area contributed by atoms with Crippen LogP contribution in [0.1, 0.15) is 21.6 Å². The number of hydrogen-bond donors (Lipinski definition) is 2. The molecule has 2 aromatic rings. The summed E-state index contributed by atoms with van der Waals surface area (Å²) in [6.07, 6.45) is 0. The van der Waals surface area contributed by atoms with E-state index in [0.29, 0.717) is 24.6 Å². The lowest BCUT2D eigenvalue weighted by atomic mass is 10.1. The van der Waals surface area contributed by atoms with E-state index >= 15 is 0 Å². The fraction of sp³-hybridized carbons (Fsp3) is 0.312.